The molecule has 0 saturated heterocycles. The van der Waals surface area contributed by atoms with Crippen LogP contribution in [0.2, 0.25) is 0 Å². The number of benzene rings is 1. The van der Waals surface area contributed by atoms with E-state index in [4.69, 9.17) is 9.47 Å². The molecule has 1 fully saturated rings. The highest BCUT2D eigenvalue weighted by Gasteiger charge is 2.25. The van der Waals surface area contributed by atoms with E-state index < -0.39 is 5.60 Å². The Bertz CT molecular complexity index is 702. The highest BCUT2D eigenvalue weighted by atomic mass is 127. The van der Waals surface area contributed by atoms with Gasteiger partial charge in [-0.15, -0.1) is 24.0 Å². The topological polar surface area (TPSA) is 84.0 Å². The van der Waals surface area contributed by atoms with Crippen LogP contribution in [0, 0.1) is 5.82 Å². The van der Waals surface area contributed by atoms with Crippen LogP contribution < -0.4 is 20.7 Å². The van der Waals surface area contributed by atoms with Crippen molar-refractivity contribution in [3.8, 4) is 5.75 Å². The number of guanidine groups is 1. The number of nitrogens with zero attached hydrogens (tertiary/aromatic N) is 1. The Balaban J connectivity index is 0.00000480. The summed E-state index contributed by atoms with van der Waals surface area (Å²) in [6.45, 7) is 8.08. The van der Waals surface area contributed by atoms with E-state index in [-0.39, 0.29) is 48.0 Å². The maximum Gasteiger partial charge on any atom is 0.407 e. The van der Waals surface area contributed by atoms with Crippen molar-refractivity contribution in [2.24, 2.45) is 4.99 Å². The highest BCUT2D eigenvalue weighted by molar-refractivity contribution is 14.0. The van der Waals surface area contributed by atoms with Crippen molar-refractivity contribution in [3.05, 3.63) is 30.1 Å². The molecule has 0 aromatic heterocycles. The van der Waals surface area contributed by atoms with E-state index >= 15 is 0 Å². The standard InChI is InChI=1S/C22H35FN4O3.HI/c1-15(29-19-12-6-16(23)7-13-19)14-25-20(24-5)26-17-8-10-18(11-9-17)27-21(28)30-22(2,3)4;/h6-7,12-13,15,17-18H,8-11,14H2,1-5H3,(H,27,28)(H2,24,25,26);1H. The first-order valence-corrected chi connectivity index (χ1v) is 10.5. The Morgan fingerprint density at radius 3 is 2.19 bits per heavy atom. The number of alkyl carbamates (subject to hydrolysis) is 1. The Hall–Kier alpha value is -1.78. The van der Waals surface area contributed by atoms with Crippen LogP contribution in [0.3, 0.4) is 0 Å². The maximum absolute atomic E-state index is 13.0. The largest absolute Gasteiger partial charge is 0.489 e. The lowest BCUT2D eigenvalue weighted by molar-refractivity contribution is 0.0490. The molecular weight excluding hydrogens is 514 g/mol. The number of amides is 1. The van der Waals surface area contributed by atoms with Gasteiger partial charge in [-0.2, -0.15) is 0 Å². The average Bonchev–Trinajstić information content (AvgIpc) is 2.66. The number of aliphatic imine (C=N–C) groups is 1. The number of ether oxygens (including phenoxy) is 2. The van der Waals surface area contributed by atoms with Gasteiger partial charge in [0.2, 0.25) is 0 Å². The second-order valence-electron chi connectivity index (χ2n) is 8.67. The fourth-order valence-electron chi connectivity index (χ4n) is 3.27. The van der Waals surface area contributed by atoms with Crippen molar-refractivity contribution >= 4 is 36.0 Å². The minimum absolute atomic E-state index is 0. The van der Waals surface area contributed by atoms with Gasteiger partial charge in [0.25, 0.3) is 0 Å². The normalized spacial score (nSPS) is 20.1. The molecule has 9 heteroatoms. The van der Waals surface area contributed by atoms with Crippen LogP contribution in [0.25, 0.3) is 0 Å². The van der Waals surface area contributed by atoms with Crippen molar-refractivity contribution < 1.29 is 18.7 Å². The number of nitrogens with one attached hydrogen (secondary N) is 3. The summed E-state index contributed by atoms with van der Waals surface area (Å²) in [4.78, 5) is 16.2. The Morgan fingerprint density at radius 2 is 1.68 bits per heavy atom. The number of halogens is 2. The van der Waals surface area contributed by atoms with Crippen molar-refractivity contribution in [1.82, 2.24) is 16.0 Å². The number of hydrogen-bond donors (Lipinski definition) is 3. The number of carbonyl (C=O) groups is 1. The van der Waals surface area contributed by atoms with Gasteiger partial charge in [-0.05, 0) is 77.6 Å². The molecular formula is C22H36FIN4O3. The Morgan fingerprint density at radius 1 is 1.13 bits per heavy atom. The monoisotopic (exact) mass is 550 g/mol. The molecule has 31 heavy (non-hydrogen) atoms. The molecule has 1 aromatic carbocycles. The van der Waals surface area contributed by atoms with E-state index in [0.717, 1.165) is 25.7 Å². The summed E-state index contributed by atoms with van der Waals surface area (Å²) in [5.41, 5.74) is -0.488. The van der Waals surface area contributed by atoms with Gasteiger partial charge >= 0.3 is 6.09 Å². The average molecular weight is 550 g/mol. The summed E-state index contributed by atoms with van der Waals surface area (Å²) in [5, 5.41) is 9.66. The molecule has 0 bridgehead atoms. The molecule has 1 aromatic rings. The molecule has 2 rings (SSSR count). The lowest BCUT2D eigenvalue weighted by Gasteiger charge is -2.31. The van der Waals surface area contributed by atoms with Crippen LogP contribution in [0.4, 0.5) is 9.18 Å². The van der Waals surface area contributed by atoms with E-state index in [1.807, 2.05) is 27.7 Å². The molecule has 3 N–H and O–H groups in total. The molecule has 0 aliphatic heterocycles. The summed E-state index contributed by atoms with van der Waals surface area (Å²) >= 11 is 0. The number of rotatable bonds is 6. The van der Waals surface area contributed by atoms with Crippen molar-refractivity contribution in [2.75, 3.05) is 13.6 Å². The zero-order valence-electron chi connectivity index (χ0n) is 19.0. The minimum atomic E-state index is -0.488. The van der Waals surface area contributed by atoms with Gasteiger partial charge < -0.3 is 25.4 Å². The third kappa shape index (κ3) is 10.9. The maximum atomic E-state index is 13.0. The van der Waals surface area contributed by atoms with E-state index in [9.17, 15) is 9.18 Å². The second-order valence-corrected chi connectivity index (χ2v) is 8.67. The molecule has 0 heterocycles. The van der Waals surface area contributed by atoms with Crippen molar-refractivity contribution in [3.63, 3.8) is 0 Å². The van der Waals surface area contributed by atoms with Gasteiger partial charge in [0.05, 0.1) is 6.54 Å². The first-order valence-electron chi connectivity index (χ1n) is 10.5. The fraction of sp³-hybridized carbons (Fsp3) is 0.636. The Kier molecular flexibility index (Phi) is 11.4. The lowest BCUT2D eigenvalue weighted by Crippen LogP contribution is -2.49. The van der Waals surface area contributed by atoms with Gasteiger partial charge in [-0.25, -0.2) is 9.18 Å². The third-order valence-corrected chi connectivity index (χ3v) is 4.72. The summed E-state index contributed by atoms with van der Waals surface area (Å²) in [5.74, 6) is 1.06. The summed E-state index contributed by atoms with van der Waals surface area (Å²) < 4.78 is 24.1. The molecule has 176 valence electrons. The van der Waals surface area contributed by atoms with Crippen LogP contribution in [0.5, 0.6) is 5.75 Å². The molecule has 1 aliphatic carbocycles. The highest BCUT2D eigenvalue weighted by Crippen LogP contribution is 2.19. The molecule has 1 atom stereocenters. The van der Waals surface area contributed by atoms with Crippen LogP contribution in [-0.4, -0.2) is 49.4 Å². The van der Waals surface area contributed by atoms with E-state index in [0.29, 0.717) is 24.3 Å². The summed E-state index contributed by atoms with van der Waals surface area (Å²) in [7, 11) is 1.73. The molecule has 1 aliphatic rings. The molecule has 1 saturated carbocycles. The smallest absolute Gasteiger partial charge is 0.407 e. The molecule has 1 amide bonds. The third-order valence-electron chi connectivity index (χ3n) is 4.72. The SMILES string of the molecule is CN=C(NCC(C)Oc1ccc(F)cc1)NC1CCC(NC(=O)OC(C)(C)C)CC1.I. The van der Waals surface area contributed by atoms with Gasteiger partial charge in [0.15, 0.2) is 5.96 Å². The zero-order valence-corrected chi connectivity index (χ0v) is 21.4. The first-order chi connectivity index (χ1) is 14.1. The number of carbonyl (C=O) groups excluding carboxylic acids is 1. The second kappa shape index (κ2) is 12.9. The molecule has 1 unspecified atom stereocenters. The lowest BCUT2D eigenvalue weighted by atomic mass is 9.91. The van der Waals surface area contributed by atoms with E-state index in [2.05, 4.69) is 20.9 Å². The van der Waals surface area contributed by atoms with Gasteiger partial charge in [-0.1, -0.05) is 0 Å². The van der Waals surface area contributed by atoms with Crippen LogP contribution in [0.15, 0.2) is 29.3 Å². The van der Waals surface area contributed by atoms with Crippen molar-refractivity contribution in [1.29, 1.82) is 0 Å². The quantitative estimate of drug-likeness (QED) is 0.281. The Labute approximate surface area is 202 Å². The van der Waals surface area contributed by atoms with Crippen LogP contribution >= 0.6 is 24.0 Å². The molecule has 0 spiro atoms. The zero-order chi connectivity index (χ0) is 22.1. The van der Waals surface area contributed by atoms with E-state index in [1.54, 1.807) is 19.2 Å². The molecule has 0 radical (unpaired) electrons. The summed E-state index contributed by atoms with van der Waals surface area (Å²) in [6, 6.07) is 6.41. The predicted octanol–water partition coefficient (Wildman–Crippen LogP) is 4.21. The van der Waals surface area contributed by atoms with Crippen molar-refractivity contribution in [2.45, 2.75) is 77.2 Å². The minimum Gasteiger partial charge on any atom is -0.489 e. The van der Waals surface area contributed by atoms with Crippen LogP contribution in [0.1, 0.15) is 53.4 Å². The van der Waals surface area contributed by atoms with Gasteiger partial charge in [0, 0.05) is 19.1 Å². The van der Waals surface area contributed by atoms with Gasteiger partial charge in [-0.3, -0.25) is 4.99 Å². The first kappa shape index (κ1) is 27.3. The van der Waals surface area contributed by atoms with E-state index in [1.165, 1.54) is 12.1 Å². The van der Waals surface area contributed by atoms with Gasteiger partial charge in [0.1, 0.15) is 23.3 Å². The number of hydrogen-bond acceptors (Lipinski definition) is 4. The fourth-order valence-corrected chi connectivity index (χ4v) is 3.27. The summed E-state index contributed by atoms with van der Waals surface area (Å²) in [6.07, 6.45) is 3.18. The van der Waals surface area contributed by atoms with Crippen LogP contribution in [-0.2, 0) is 4.74 Å². The predicted molar refractivity (Wildman–Crippen MR) is 132 cm³/mol. The molecule has 7 nitrogen and oxygen atoms in total.